The minimum atomic E-state index is -0.215. The van der Waals surface area contributed by atoms with E-state index in [4.69, 9.17) is 0 Å². The second-order valence-corrected chi connectivity index (χ2v) is 7.45. The lowest BCUT2D eigenvalue weighted by Crippen LogP contribution is -2.17. The molecule has 0 spiro atoms. The number of aryl methyl sites for hydroxylation is 2. The Labute approximate surface area is 167 Å². The van der Waals surface area contributed by atoms with E-state index in [2.05, 4.69) is 74.9 Å². The lowest BCUT2D eigenvalue weighted by Gasteiger charge is -2.09. The summed E-state index contributed by atoms with van der Waals surface area (Å²) in [5, 5.41) is 4.12. The molecule has 5 heteroatoms. The zero-order valence-electron chi connectivity index (χ0n) is 15.0. The summed E-state index contributed by atoms with van der Waals surface area (Å²) in [6.45, 7) is 6.10. The van der Waals surface area contributed by atoms with Crippen molar-refractivity contribution in [1.82, 2.24) is 9.99 Å². The maximum Gasteiger partial charge on any atom is 0.271 e. The molecule has 1 heterocycles. The molecule has 0 unspecified atom stereocenters. The van der Waals surface area contributed by atoms with Gasteiger partial charge >= 0.3 is 0 Å². The van der Waals surface area contributed by atoms with E-state index >= 15 is 0 Å². The van der Waals surface area contributed by atoms with Crippen molar-refractivity contribution in [1.29, 1.82) is 0 Å². The van der Waals surface area contributed by atoms with Crippen LogP contribution in [0, 0.1) is 24.3 Å². The summed E-state index contributed by atoms with van der Waals surface area (Å²) >= 11 is 2.30. The van der Waals surface area contributed by atoms with Crippen LogP contribution >= 0.6 is 22.6 Å². The summed E-state index contributed by atoms with van der Waals surface area (Å²) < 4.78 is 3.38. The van der Waals surface area contributed by atoms with E-state index in [1.165, 1.54) is 3.57 Å². The first-order chi connectivity index (χ1) is 12.5. The monoisotopic (exact) mass is 457 g/mol. The first kappa shape index (κ1) is 18.4. The molecule has 0 radical (unpaired) electrons. The summed E-state index contributed by atoms with van der Waals surface area (Å²) in [6, 6.07) is 17.8. The number of rotatable bonds is 4. The number of amides is 1. The fourth-order valence-corrected chi connectivity index (χ4v) is 3.20. The molecule has 0 saturated carbocycles. The minimum absolute atomic E-state index is 0.215. The first-order valence-corrected chi connectivity index (χ1v) is 9.38. The highest BCUT2D eigenvalue weighted by molar-refractivity contribution is 14.1. The summed E-state index contributed by atoms with van der Waals surface area (Å²) in [6.07, 6.45) is 1.69. The molecule has 0 aliphatic carbocycles. The molecule has 0 atom stereocenters. The molecule has 26 heavy (non-hydrogen) atoms. The lowest BCUT2D eigenvalue weighted by molar-refractivity contribution is 0.0955. The molecule has 0 saturated heterocycles. The zero-order chi connectivity index (χ0) is 18.7. The van der Waals surface area contributed by atoms with Crippen molar-refractivity contribution in [2.75, 3.05) is 0 Å². The zero-order valence-corrected chi connectivity index (χ0v) is 17.1. The number of carbonyl (C=O) groups is 1. The van der Waals surface area contributed by atoms with E-state index < -0.39 is 0 Å². The summed E-state index contributed by atoms with van der Waals surface area (Å²) in [7, 11) is 0. The number of nitrogens with zero attached hydrogens (tertiary/aromatic N) is 2. The van der Waals surface area contributed by atoms with E-state index in [0.717, 1.165) is 28.2 Å². The predicted octanol–water partition coefficient (Wildman–Crippen LogP) is 4.77. The molecule has 0 aliphatic heterocycles. The van der Waals surface area contributed by atoms with E-state index in [1.807, 2.05) is 26.0 Å². The van der Waals surface area contributed by atoms with Crippen molar-refractivity contribution in [3.63, 3.8) is 0 Å². The van der Waals surface area contributed by atoms with Gasteiger partial charge in [0.05, 0.1) is 6.21 Å². The van der Waals surface area contributed by atoms with E-state index in [-0.39, 0.29) is 5.91 Å². The molecule has 1 aromatic heterocycles. The number of hydrazone groups is 1. The van der Waals surface area contributed by atoms with Crippen molar-refractivity contribution >= 4 is 34.7 Å². The van der Waals surface area contributed by atoms with Gasteiger partial charge in [0, 0.05) is 31.8 Å². The SMILES string of the molecule is Cc1ccc(C(=O)N/N=C/c2cc(C)n(-c3ccc(I)cc3)c2C)cc1. The number of benzene rings is 2. The van der Waals surface area contributed by atoms with Crippen molar-refractivity contribution in [3.8, 4) is 5.69 Å². The minimum Gasteiger partial charge on any atom is -0.318 e. The van der Waals surface area contributed by atoms with Gasteiger partial charge in [-0.3, -0.25) is 4.79 Å². The van der Waals surface area contributed by atoms with Gasteiger partial charge in [0.2, 0.25) is 0 Å². The second kappa shape index (κ2) is 7.86. The maximum absolute atomic E-state index is 12.1. The molecule has 0 aliphatic rings. The summed E-state index contributed by atoms with van der Waals surface area (Å²) in [4.78, 5) is 12.1. The number of carbonyl (C=O) groups excluding carboxylic acids is 1. The third-order valence-electron chi connectivity index (χ3n) is 4.24. The molecule has 0 fully saturated rings. The maximum atomic E-state index is 12.1. The van der Waals surface area contributed by atoms with Crippen LogP contribution < -0.4 is 5.43 Å². The quantitative estimate of drug-likeness (QED) is 0.343. The molecule has 4 nitrogen and oxygen atoms in total. The Morgan fingerprint density at radius 3 is 2.35 bits per heavy atom. The smallest absolute Gasteiger partial charge is 0.271 e. The molecular weight excluding hydrogens is 437 g/mol. The van der Waals surface area contributed by atoms with E-state index in [0.29, 0.717) is 5.56 Å². The van der Waals surface area contributed by atoms with Gasteiger partial charge < -0.3 is 4.57 Å². The summed E-state index contributed by atoms with van der Waals surface area (Å²) in [5.74, 6) is -0.215. The lowest BCUT2D eigenvalue weighted by atomic mass is 10.1. The van der Waals surface area contributed by atoms with Crippen LogP contribution in [-0.4, -0.2) is 16.7 Å². The van der Waals surface area contributed by atoms with Crippen LogP contribution in [0.1, 0.15) is 32.9 Å². The molecule has 1 N–H and O–H groups in total. The number of halogens is 1. The normalized spacial score (nSPS) is 11.1. The number of hydrogen-bond donors (Lipinski definition) is 1. The Morgan fingerprint density at radius 2 is 1.69 bits per heavy atom. The van der Waals surface area contributed by atoms with Crippen LogP contribution in [0.25, 0.3) is 5.69 Å². The third-order valence-corrected chi connectivity index (χ3v) is 4.96. The molecule has 0 bridgehead atoms. The van der Waals surface area contributed by atoms with Crippen molar-refractivity contribution in [2.45, 2.75) is 20.8 Å². The second-order valence-electron chi connectivity index (χ2n) is 6.20. The Morgan fingerprint density at radius 1 is 1.04 bits per heavy atom. The average Bonchev–Trinajstić information content (AvgIpc) is 2.90. The van der Waals surface area contributed by atoms with Crippen LogP contribution in [0.4, 0.5) is 0 Å². The Bertz CT molecular complexity index is 954. The van der Waals surface area contributed by atoms with Crippen LogP contribution in [-0.2, 0) is 0 Å². The van der Waals surface area contributed by atoms with Gasteiger partial charge in [-0.2, -0.15) is 5.10 Å². The van der Waals surface area contributed by atoms with Crippen molar-refractivity contribution < 1.29 is 4.79 Å². The van der Waals surface area contributed by atoms with Gasteiger partial charge in [-0.1, -0.05) is 17.7 Å². The standard InChI is InChI=1S/C21H20IN3O/c1-14-4-6-17(7-5-14)21(26)24-23-13-18-12-15(2)25(16(18)3)20-10-8-19(22)9-11-20/h4-13H,1-3H3,(H,24,26)/b23-13+. The van der Waals surface area contributed by atoms with Gasteiger partial charge in [-0.25, -0.2) is 5.43 Å². The fourth-order valence-electron chi connectivity index (χ4n) is 2.84. The fraction of sp³-hybridized carbons (Fsp3) is 0.143. The highest BCUT2D eigenvalue weighted by Crippen LogP contribution is 2.20. The Hall–Kier alpha value is -2.41. The predicted molar refractivity (Wildman–Crippen MR) is 114 cm³/mol. The molecule has 2 aromatic carbocycles. The summed E-state index contributed by atoms with van der Waals surface area (Å²) in [5.41, 5.74) is 8.60. The molecule has 3 rings (SSSR count). The van der Waals surface area contributed by atoms with Crippen molar-refractivity contribution in [2.24, 2.45) is 5.10 Å². The molecule has 132 valence electrons. The van der Waals surface area contributed by atoms with Gasteiger partial charge in [0.1, 0.15) is 0 Å². The third kappa shape index (κ3) is 4.04. The van der Waals surface area contributed by atoms with Crippen LogP contribution in [0.15, 0.2) is 59.7 Å². The Kier molecular flexibility index (Phi) is 5.56. The van der Waals surface area contributed by atoms with Gasteiger partial charge in [-0.05, 0) is 85.8 Å². The highest BCUT2D eigenvalue weighted by atomic mass is 127. The average molecular weight is 457 g/mol. The highest BCUT2D eigenvalue weighted by Gasteiger charge is 2.09. The van der Waals surface area contributed by atoms with Gasteiger partial charge in [-0.15, -0.1) is 0 Å². The van der Waals surface area contributed by atoms with Crippen LogP contribution in [0.3, 0.4) is 0 Å². The van der Waals surface area contributed by atoms with E-state index in [9.17, 15) is 4.79 Å². The first-order valence-electron chi connectivity index (χ1n) is 8.30. The molecule has 1 amide bonds. The largest absolute Gasteiger partial charge is 0.318 e. The van der Waals surface area contributed by atoms with Gasteiger partial charge in [0.25, 0.3) is 5.91 Å². The van der Waals surface area contributed by atoms with Crippen molar-refractivity contribution in [3.05, 3.63) is 86.2 Å². The molecular formula is C21H20IN3O. The van der Waals surface area contributed by atoms with E-state index in [1.54, 1.807) is 18.3 Å². The van der Waals surface area contributed by atoms with Crippen LogP contribution in [0.2, 0.25) is 0 Å². The number of aromatic nitrogens is 1. The molecule has 3 aromatic rings. The van der Waals surface area contributed by atoms with Gasteiger partial charge in [0.15, 0.2) is 0 Å². The van der Waals surface area contributed by atoms with Crippen LogP contribution in [0.5, 0.6) is 0 Å². The number of hydrogen-bond acceptors (Lipinski definition) is 2. The topological polar surface area (TPSA) is 46.4 Å². The number of nitrogens with one attached hydrogen (secondary N) is 1. The Balaban J connectivity index is 1.77.